The van der Waals surface area contributed by atoms with Crippen molar-refractivity contribution < 1.29 is 28.0 Å². The molecule has 0 aliphatic rings. The fourth-order valence-corrected chi connectivity index (χ4v) is 0.671. The lowest BCUT2D eigenvalue weighted by Crippen LogP contribution is -2.01. The first kappa shape index (κ1) is 10.0. The van der Waals surface area contributed by atoms with Gasteiger partial charge in [-0.05, 0) is 9.13 Å². The third kappa shape index (κ3) is 8.04. The van der Waals surface area contributed by atoms with Crippen LogP contribution in [0.3, 0.4) is 0 Å². The Morgan fingerprint density at radius 2 is 1.30 bits per heavy atom. The minimum Gasteiger partial charge on any atom is -0.566 e. The lowest BCUT2D eigenvalue weighted by Gasteiger charge is -1.88. The Balaban J connectivity index is 3.06. The molecule has 0 heterocycles. The smallest absolute Gasteiger partial charge is 0.488 e. The van der Waals surface area contributed by atoms with Gasteiger partial charge in [-0.1, -0.05) is 0 Å². The predicted octanol–water partition coefficient (Wildman–Crippen LogP) is -0.945. The van der Waals surface area contributed by atoms with E-state index in [1.807, 2.05) is 0 Å². The van der Waals surface area contributed by atoms with Gasteiger partial charge in [0.25, 0.3) is 0 Å². The molecule has 0 amide bonds. The van der Waals surface area contributed by atoms with E-state index < -0.39 is 16.5 Å². The van der Waals surface area contributed by atoms with Gasteiger partial charge in [0.1, 0.15) is 13.2 Å². The Hall–Kier alpha value is 0.0400. The van der Waals surface area contributed by atoms with Crippen molar-refractivity contribution in [3.05, 3.63) is 0 Å². The Morgan fingerprint density at radius 1 is 1.00 bits per heavy atom. The highest BCUT2D eigenvalue weighted by Gasteiger charge is 2.04. The molecule has 8 heteroatoms. The fourth-order valence-electron chi connectivity index (χ4n) is 0.224. The van der Waals surface area contributed by atoms with Crippen molar-refractivity contribution >= 4 is 16.5 Å². The largest absolute Gasteiger partial charge is 0.566 e. The minimum absolute atomic E-state index is 0.276. The highest BCUT2D eigenvalue weighted by molar-refractivity contribution is 7.30. The minimum atomic E-state index is -2.91. The normalized spacial score (nSPS) is 13.0. The second kappa shape index (κ2) is 5.80. The summed E-state index contributed by atoms with van der Waals surface area (Å²) in [6, 6.07) is 0. The van der Waals surface area contributed by atoms with E-state index in [1.54, 1.807) is 0 Å². The van der Waals surface area contributed by atoms with Crippen LogP contribution in [-0.4, -0.2) is 13.2 Å². The molecule has 0 fully saturated rings. The molecule has 2 atom stereocenters. The van der Waals surface area contributed by atoms with Gasteiger partial charge < -0.3 is 9.79 Å². The number of hydrogen-bond donors (Lipinski definition) is 0. The molecule has 0 spiro atoms. The highest BCUT2D eigenvalue weighted by Crippen LogP contribution is 2.11. The first-order chi connectivity index (χ1) is 4.63. The van der Waals surface area contributed by atoms with Crippen LogP contribution in [0.1, 0.15) is 0 Å². The van der Waals surface area contributed by atoms with E-state index in [-0.39, 0.29) is 13.2 Å². The summed E-state index contributed by atoms with van der Waals surface area (Å²) in [4.78, 5) is 19.3. The van der Waals surface area contributed by atoms with E-state index in [1.165, 1.54) is 0 Å². The van der Waals surface area contributed by atoms with E-state index >= 15 is 0 Å². The van der Waals surface area contributed by atoms with Crippen LogP contribution in [0.5, 0.6) is 0 Å². The number of rotatable bonds is 5. The maximum atomic E-state index is 9.65. The van der Waals surface area contributed by atoms with Crippen LogP contribution in [0.2, 0.25) is 0 Å². The summed E-state index contributed by atoms with van der Waals surface area (Å²) >= 11 is 0. The number of hydrogen-bond acceptors (Lipinski definition) is 6. The predicted molar refractivity (Wildman–Crippen MR) is 27.1 cm³/mol. The molecular weight excluding hydrogens is 182 g/mol. The van der Waals surface area contributed by atoms with E-state index in [0.717, 1.165) is 0 Å². The summed E-state index contributed by atoms with van der Waals surface area (Å²) in [5.41, 5.74) is 0. The van der Waals surface area contributed by atoms with E-state index in [0.29, 0.717) is 0 Å². The first-order valence-corrected chi connectivity index (χ1v) is 4.36. The van der Waals surface area contributed by atoms with Crippen molar-refractivity contribution in [2.75, 3.05) is 13.2 Å². The van der Waals surface area contributed by atoms with Gasteiger partial charge in [0.15, 0.2) is 0 Å². The average Bonchev–Trinajstić information content (AvgIpc) is 1.79. The molecule has 6 nitrogen and oxygen atoms in total. The SMILES string of the molecule is O=[P+]([O-])OCCO[P+](=O)[O-]. The van der Waals surface area contributed by atoms with Crippen LogP contribution in [-0.2, 0) is 18.2 Å². The maximum absolute atomic E-state index is 9.65. The van der Waals surface area contributed by atoms with Crippen molar-refractivity contribution in [2.45, 2.75) is 0 Å². The molecule has 0 aromatic heterocycles. The zero-order chi connectivity index (χ0) is 7.98. The second-order valence-electron chi connectivity index (χ2n) is 1.11. The quantitative estimate of drug-likeness (QED) is 0.405. The fraction of sp³-hybridized carbons (Fsp3) is 1.00. The molecule has 0 aliphatic heterocycles. The van der Waals surface area contributed by atoms with E-state index in [9.17, 15) is 18.9 Å². The standard InChI is InChI=1S/C2H4O6P2/c3-9(4)7-1-2-8-10(5)6/h1-2H2. The summed E-state index contributed by atoms with van der Waals surface area (Å²) in [7, 11) is -5.82. The van der Waals surface area contributed by atoms with Gasteiger partial charge in [-0.25, -0.2) is 0 Å². The molecule has 0 bridgehead atoms. The van der Waals surface area contributed by atoms with Crippen molar-refractivity contribution in [2.24, 2.45) is 0 Å². The average molecular weight is 186 g/mol. The summed E-state index contributed by atoms with van der Waals surface area (Å²) in [5, 5.41) is 0. The summed E-state index contributed by atoms with van der Waals surface area (Å²) in [5.74, 6) is 0. The molecular formula is C2H4O6P2. The molecule has 0 aliphatic carbocycles. The zero-order valence-electron chi connectivity index (χ0n) is 4.76. The van der Waals surface area contributed by atoms with Crippen LogP contribution in [0.4, 0.5) is 0 Å². The second-order valence-corrected chi connectivity index (χ2v) is 2.52. The first-order valence-electron chi connectivity index (χ1n) is 2.17. The third-order valence-electron chi connectivity index (χ3n) is 0.477. The van der Waals surface area contributed by atoms with E-state index in [4.69, 9.17) is 0 Å². The van der Waals surface area contributed by atoms with Crippen molar-refractivity contribution in [1.29, 1.82) is 0 Å². The molecule has 0 aromatic rings. The molecule has 58 valence electrons. The van der Waals surface area contributed by atoms with Gasteiger partial charge in [0.05, 0.1) is 0 Å². The van der Waals surface area contributed by atoms with Crippen molar-refractivity contribution in [3.63, 3.8) is 0 Å². The van der Waals surface area contributed by atoms with Crippen LogP contribution in [0, 0.1) is 0 Å². The molecule has 10 heavy (non-hydrogen) atoms. The lowest BCUT2D eigenvalue weighted by atomic mass is 10.8. The van der Waals surface area contributed by atoms with Gasteiger partial charge >= 0.3 is 16.5 Å². The van der Waals surface area contributed by atoms with Gasteiger partial charge in [0.2, 0.25) is 0 Å². The van der Waals surface area contributed by atoms with Crippen LogP contribution >= 0.6 is 16.5 Å². The molecule has 0 saturated heterocycles. The molecule has 0 N–H and O–H groups in total. The van der Waals surface area contributed by atoms with Crippen LogP contribution in [0.25, 0.3) is 0 Å². The Morgan fingerprint density at radius 3 is 1.50 bits per heavy atom. The molecule has 0 radical (unpaired) electrons. The van der Waals surface area contributed by atoms with Crippen molar-refractivity contribution in [1.82, 2.24) is 0 Å². The lowest BCUT2D eigenvalue weighted by molar-refractivity contribution is -0.192. The maximum Gasteiger partial charge on any atom is 0.488 e. The summed E-state index contributed by atoms with van der Waals surface area (Å²) in [6.07, 6.45) is 0. The highest BCUT2D eigenvalue weighted by atomic mass is 31.1. The Kier molecular flexibility index (Phi) is 5.82. The van der Waals surface area contributed by atoms with Gasteiger partial charge in [-0.15, -0.1) is 9.05 Å². The van der Waals surface area contributed by atoms with Crippen LogP contribution in [0.15, 0.2) is 0 Å². The summed E-state index contributed by atoms with van der Waals surface area (Å²) < 4.78 is 27.2. The van der Waals surface area contributed by atoms with Gasteiger partial charge in [-0.3, -0.25) is 0 Å². The van der Waals surface area contributed by atoms with Crippen molar-refractivity contribution in [3.8, 4) is 0 Å². The Labute approximate surface area is 58.7 Å². The molecule has 0 aromatic carbocycles. The molecule has 0 rings (SSSR count). The van der Waals surface area contributed by atoms with E-state index in [2.05, 4.69) is 9.05 Å². The van der Waals surface area contributed by atoms with Gasteiger partial charge in [0, 0.05) is 0 Å². The zero-order valence-corrected chi connectivity index (χ0v) is 6.55. The monoisotopic (exact) mass is 186 g/mol. The third-order valence-corrected chi connectivity index (χ3v) is 1.26. The molecule has 0 saturated carbocycles. The van der Waals surface area contributed by atoms with Crippen LogP contribution < -0.4 is 9.79 Å². The summed E-state index contributed by atoms with van der Waals surface area (Å²) in [6.45, 7) is -0.552. The topological polar surface area (TPSA) is 98.7 Å². The molecule has 2 unspecified atom stereocenters. The Bertz CT molecular complexity index is 118. The van der Waals surface area contributed by atoms with Gasteiger partial charge in [-0.2, -0.15) is 0 Å².